The molecule has 0 spiro atoms. The van der Waals surface area contributed by atoms with Crippen molar-refractivity contribution in [1.29, 1.82) is 0 Å². The van der Waals surface area contributed by atoms with Gasteiger partial charge in [-0.1, -0.05) is 20.3 Å². The van der Waals surface area contributed by atoms with Crippen LogP contribution in [0.1, 0.15) is 58.8 Å². The summed E-state index contributed by atoms with van der Waals surface area (Å²) in [5.74, 6) is 3.61. The minimum Gasteiger partial charge on any atom is -0.327 e. The molecule has 0 aromatic rings. The number of nitrogens with two attached hydrogens (primary N) is 1. The van der Waals surface area contributed by atoms with Crippen LogP contribution in [0.3, 0.4) is 0 Å². The first-order valence-corrected chi connectivity index (χ1v) is 8.64. The molecule has 110 valence electrons. The number of nitrogens with zero attached hydrogens (tertiary/aromatic N) is 1. The smallest absolute Gasteiger partial charge is 0.00957 e. The number of fused-ring (bicyclic) bond motifs is 1. The Balaban J connectivity index is 1.54. The van der Waals surface area contributed by atoms with Crippen molar-refractivity contribution < 1.29 is 0 Å². The van der Waals surface area contributed by atoms with Gasteiger partial charge >= 0.3 is 0 Å². The second-order valence-corrected chi connectivity index (χ2v) is 7.79. The highest BCUT2D eigenvalue weighted by atomic mass is 15.2. The van der Waals surface area contributed by atoms with Crippen LogP contribution in [-0.4, -0.2) is 30.1 Å². The molecule has 1 aliphatic heterocycles. The van der Waals surface area contributed by atoms with Gasteiger partial charge in [0.25, 0.3) is 0 Å². The molecule has 3 unspecified atom stereocenters. The molecule has 0 bridgehead atoms. The van der Waals surface area contributed by atoms with E-state index in [1.165, 1.54) is 58.0 Å². The second kappa shape index (κ2) is 5.73. The highest BCUT2D eigenvalue weighted by molar-refractivity contribution is 4.96. The van der Waals surface area contributed by atoms with Gasteiger partial charge < -0.3 is 5.73 Å². The van der Waals surface area contributed by atoms with Gasteiger partial charge in [-0.3, -0.25) is 4.90 Å². The number of likely N-dealkylation sites (tertiary alicyclic amines) is 1. The van der Waals surface area contributed by atoms with E-state index in [0.29, 0.717) is 6.04 Å². The average molecular weight is 264 g/mol. The van der Waals surface area contributed by atoms with E-state index in [0.717, 1.165) is 29.7 Å². The van der Waals surface area contributed by atoms with Crippen LogP contribution in [-0.2, 0) is 0 Å². The van der Waals surface area contributed by atoms with Gasteiger partial charge in [0.2, 0.25) is 0 Å². The van der Waals surface area contributed by atoms with Gasteiger partial charge in [0.1, 0.15) is 0 Å². The van der Waals surface area contributed by atoms with E-state index in [2.05, 4.69) is 18.7 Å². The van der Waals surface area contributed by atoms with E-state index in [1.54, 1.807) is 0 Å². The third-order valence-corrected chi connectivity index (χ3v) is 6.38. The third kappa shape index (κ3) is 2.85. The lowest BCUT2D eigenvalue weighted by Gasteiger charge is -2.36. The molecule has 19 heavy (non-hydrogen) atoms. The first-order valence-electron chi connectivity index (χ1n) is 8.64. The normalized spacial score (nSPS) is 44.5. The molecule has 3 aliphatic rings. The van der Waals surface area contributed by atoms with Gasteiger partial charge in [-0.25, -0.2) is 0 Å². The van der Waals surface area contributed by atoms with Gasteiger partial charge in [-0.05, 0) is 62.2 Å². The molecule has 0 aromatic heterocycles. The molecule has 2 N–H and O–H groups in total. The maximum atomic E-state index is 6.35. The largest absolute Gasteiger partial charge is 0.327 e. The van der Waals surface area contributed by atoms with Gasteiger partial charge in [0.15, 0.2) is 0 Å². The van der Waals surface area contributed by atoms with Crippen molar-refractivity contribution in [2.24, 2.45) is 29.4 Å². The minimum absolute atomic E-state index is 0.496. The van der Waals surface area contributed by atoms with Crippen molar-refractivity contribution >= 4 is 0 Å². The van der Waals surface area contributed by atoms with Crippen molar-refractivity contribution in [3.05, 3.63) is 0 Å². The maximum absolute atomic E-state index is 6.35. The van der Waals surface area contributed by atoms with Crippen molar-refractivity contribution in [3.63, 3.8) is 0 Å². The quantitative estimate of drug-likeness (QED) is 0.829. The first kappa shape index (κ1) is 13.9. The molecular weight excluding hydrogens is 232 g/mol. The summed E-state index contributed by atoms with van der Waals surface area (Å²) in [4.78, 5) is 2.82. The summed E-state index contributed by atoms with van der Waals surface area (Å²) in [7, 11) is 0. The van der Waals surface area contributed by atoms with Gasteiger partial charge in [-0.2, -0.15) is 0 Å². The maximum Gasteiger partial charge on any atom is 0.00957 e. The molecule has 2 saturated carbocycles. The number of rotatable bonds is 2. The van der Waals surface area contributed by atoms with Crippen LogP contribution in [0.25, 0.3) is 0 Å². The summed E-state index contributed by atoms with van der Waals surface area (Å²) in [6, 6.07) is 1.38. The molecule has 0 aromatic carbocycles. The summed E-state index contributed by atoms with van der Waals surface area (Å²) in [5.41, 5.74) is 6.35. The first-order chi connectivity index (χ1) is 9.15. The standard InChI is InChI=1S/C17H32N2/c1-12(2)13-6-8-15(9-7-13)19-10-14-4-3-5-17(18)16(14)11-19/h12-17H,3-11,18H2,1-2H3. The SMILES string of the molecule is CC(C)C1CCC(N2CC3CCCC(N)C3C2)CC1. The molecular formula is C17H32N2. The monoisotopic (exact) mass is 264 g/mol. The predicted octanol–water partition coefficient (Wildman–Crippen LogP) is 3.26. The summed E-state index contributed by atoms with van der Waals surface area (Å²) in [6.07, 6.45) is 9.89. The Bertz CT molecular complexity index is 294. The zero-order valence-corrected chi connectivity index (χ0v) is 12.9. The van der Waals surface area contributed by atoms with Crippen LogP contribution in [0.5, 0.6) is 0 Å². The van der Waals surface area contributed by atoms with Crippen LogP contribution in [0.15, 0.2) is 0 Å². The second-order valence-electron chi connectivity index (χ2n) is 7.79. The molecule has 3 fully saturated rings. The molecule has 2 aliphatic carbocycles. The summed E-state index contributed by atoms with van der Waals surface area (Å²) in [6.45, 7) is 7.46. The third-order valence-electron chi connectivity index (χ3n) is 6.38. The Morgan fingerprint density at radius 2 is 1.68 bits per heavy atom. The Kier molecular flexibility index (Phi) is 4.19. The average Bonchev–Trinajstić information content (AvgIpc) is 2.84. The Morgan fingerprint density at radius 1 is 0.947 bits per heavy atom. The molecule has 3 atom stereocenters. The minimum atomic E-state index is 0.496. The number of hydrogen-bond donors (Lipinski definition) is 1. The fourth-order valence-electron chi connectivity index (χ4n) is 4.98. The molecule has 3 rings (SSSR count). The summed E-state index contributed by atoms with van der Waals surface area (Å²) >= 11 is 0. The summed E-state index contributed by atoms with van der Waals surface area (Å²) < 4.78 is 0. The highest BCUT2D eigenvalue weighted by Gasteiger charge is 2.41. The lowest BCUT2D eigenvalue weighted by molar-refractivity contribution is 0.140. The van der Waals surface area contributed by atoms with Gasteiger partial charge in [0, 0.05) is 25.2 Å². The summed E-state index contributed by atoms with van der Waals surface area (Å²) in [5, 5.41) is 0. The zero-order valence-electron chi connectivity index (χ0n) is 12.9. The van der Waals surface area contributed by atoms with Crippen LogP contribution in [0.4, 0.5) is 0 Å². The van der Waals surface area contributed by atoms with Crippen LogP contribution >= 0.6 is 0 Å². The molecule has 2 heteroatoms. The predicted molar refractivity (Wildman–Crippen MR) is 81.0 cm³/mol. The Hall–Kier alpha value is -0.0800. The van der Waals surface area contributed by atoms with Gasteiger partial charge in [0.05, 0.1) is 0 Å². The van der Waals surface area contributed by atoms with Gasteiger partial charge in [-0.15, -0.1) is 0 Å². The topological polar surface area (TPSA) is 29.3 Å². The molecule has 2 nitrogen and oxygen atoms in total. The lowest BCUT2D eigenvalue weighted by atomic mass is 9.78. The number of hydrogen-bond acceptors (Lipinski definition) is 2. The molecule has 1 heterocycles. The van der Waals surface area contributed by atoms with E-state index in [4.69, 9.17) is 5.73 Å². The fourth-order valence-corrected chi connectivity index (χ4v) is 4.98. The van der Waals surface area contributed by atoms with Crippen molar-refractivity contribution in [1.82, 2.24) is 4.90 Å². The van der Waals surface area contributed by atoms with E-state index < -0.39 is 0 Å². The van der Waals surface area contributed by atoms with E-state index in [-0.39, 0.29) is 0 Å². The van der Waals surface area contributed by atoms with E-state index in [1.807, 2.05) is 0 Å². The molecule has 1 saturated heterocycles. The lowest BCUT2D eigenvalue weighted by Crippen LogP contribution is -2.40. The fraction of sp³-hybridized carbons (Fsp3) is 1.00. The van der Waals surface area contributed by atoms with Crippen molar-refractivity contribution in [2.75, 3.05) is 13.1 Å². The van der Waals surface area contributed by atoms with E-state index in [9.17, 15) is 0 Å². The van der Waals surface area contributed by atoms with E-state index >= 15 is 0 Å². The molecule has 0 radical (unpaired) electrons. The van der Waals surface area contributed by atoms with Crippen molar-refractivity contribution in [3.8, 4) is 0 Å². The molecule has 0 amide bonds. The van der Waals surface area contributed by atoms with Crippen molar-refractivity contribution in [2.45, 2.75) is 70.9 Å². The zero-order chi connectivity index (χ0) is 13.4. The Morgan fingerprint density at radius 3 is 2.32 bits per heavy atom. The van der Waals surface area contributed by atoms with Crippen LogP contribution in [0.2, 0.25) is 0 Å². The Labute approximate surface area is 119 Å². The highest BCUT2D eigenvalue weighted by Crippen LogP contribution is 2.39. The van der Waals surface area contributed by atoms with Crippen LogP contribution < -0.4 is 5.73 Å². The van der Waals surface area contributed by atoms with Crippen LogP contribution in [0, 0.1) is 23.7 Å².